The Labute approximate surface area is 105 Å². The van der Waals surface area contributed by atoms with E-state index >= 15 is 0 Å². The highest BCUT2D eigenvalue weighted by Crippen LogP contribution is 2.44. The van der Waals surface area contributed by atoms with Gasteiger partial charge in [0.25, 0.3) is 0 Å². The number of carboxylic acid groups (broad SMARTS) is 1. The third-order valence-corrected chi connectivity index (χ3v) is 4.08. The minimum absolute atomic E-state index is 0.0226. The lowest BCUT2D eigenvalue weighted by molar-refractivity contribution is 0.0700. The minimum atomic E-state index is -0.886. The summed E-state index contributed by atoms with van der Waals surface area (Å²) in [6.07, 6.45) is 2.28. The first-order chi connectivity index (χ1) is 8.04. The molecule has 0 spiro atoms. The lowest BCUT2D eigenvalue weighted by Crippen LogP contribution is -2.04. The first kappa shape index (κ1) is 12.5. The van der Waals surface area contributed by atoms with Gasteiger partial charge in [-0.3, -0.25) is 0 Å². The van der Waals surface area contributed by atoms with Crippen LogP contribution >= 0.6 is 11.3 Å². The van der Waals surface area contributed by atoms with Gasteiger partial charge in [-0.1, -0.05) is 13.8 Å². The molecular formula is C12H17NO3S. The highest BCUT2D eigenvalue weighted by atomic mass is 32.1. The summed E-state index contributed by atoms with van der Waals surface area (Å²) in [5.74, 6) is -0.237. The maximum atomic E-state index is 11.2. The Balaban J connectivity index is 2.35. The van der Waals surface area contributed by atoms with E-state index in [2.05, 4.69) is 4.98 Å². The third-order valence-electron chi connectivity index (χ3n) is 2.96. The molecule has 1 fully saturated rings. The molecule has 1 N–H and O–H groups in total. The van der Waals surface area contributed by atoms with Crippen molar-refractivity contribution in [3.05, 3.63) is 15.6 Å². The number of carbonyl (C=O) groups is 1. The van der Waals surface area contributed by atoms with Crippen molar-refractivity contribution in [1.29, 1.82) is 0 Å². The highest BCUT2D eigenvalue weighted by Gasteiger charge is 2.35. The average Bonchev–Trinajstić information content (AvgIpc) is 2.96. The summed E-state index contributed by atoms with van der Waals surface area (Å²) in [4.78, 5) is 16.0. The van der Waals surface area contributed by atoms with E-state index in [0.717, 1.165) is 17.8 Å². The van der Waals surface area contributed by atoms with Gasteiger partial charge in [0.2, 0.25) is 0 Å². The number of thiazole rings is 1. The van der Waals surface area contributed by atoms with Gasteiger partial charge in [0, 0.05) is 7.11 Å². The van der Waals surface area contributed by atoms with Crippen LogP contribution in [0.15, 0.2) is 0 Å². The van der Waals surface area contributed by atoms with E-state index in [4.69, 9.17) is 9.84 Å². The highest BCUT2D eigenvalue weighted by molar-refractivity contribution is 7.13. The van der Waals surface area contributed by atoms with Crippen LogP contribution in [0.3, 0.4) is 0 Å². The van der Waals surface area contributed by atoms with Crippen molar-refractivity contribution in [3.8, 4) is 0 Å². The fourth-order valence-corrected chi connectivity index (χ4v) is 3.14. The summed E-state index contributed by atoms with van der Waals surface area (Å²) in [5, 5.41) is 9.98. The van der Waals surface area contributed by atoms with Crippen LogP contribution in [0.4, 0.5) is 0 Å². The fraction of sp³-hybridized carbons (Fsp3) is 0.667. The molecule has 1 aromatic rings. The second-order valence-electron chi connectivity index (χ2n) is 4.72. The molecule has 0 aliphatic heterocycles. The Hall–Kier alpha value is -0.940. The van der Waals surface area contributed by atoms with Gasteiger partial charge in [0.1, 0.15) is 16.0 Å². The number of ether oxygens (including phenoxy) is 1. The van der Waals surface area contributed by atoms with Gasteiger partial charge in [-0.25, -0.2) is 9.78 Å². The molecule has 1 saturated carbocycles. The lowest BCUT2D eigenvalue weighted by Gasteiger charge is -2.10. The third kappa shape index (κ3) is 2.50. The molecule has 4 nitrogen and oxygen atoms in total. The van der Waals surface area contributed by atoms with Crippen LogP contribution in [0.25, 0.3) is 0 Å². The van der Waals surface area contributed by atoms with Gasteiger partial charge in [-0.2, -0.15) is 0 Å². The molecule has 94 valence electrons. The van der Waals surface area contributed by atoms with Crippen molar-refractivity contribution in [3.63, 3.8) is 0 Å². The second kappa shape index (κ2) is 4.74. The number of carboxylic acids is 1. The molecule has 5 heteroatoms. The number of nitrogens with zero attached hydrogens (tertiary/aromatic N) is 1. The largest absolute Gasteiger partial charge is 0.477 e. The molecule has 2 rings (SSSR count). The molecule has 0 amide bonds. The monoisotopic (exact) mass is 255 g/mol. The average molecular weight is 255 g/mol. The molecule has 0 saturated heterocycles. The summed E-state index contributed by atoms with van der Waals surface area (Å²) >= 11 is 1.26. The van der Waals surface area contributed by atoms with Gasteiger partial charge in [0.15, 0.2) is 0 Å². The van der Waals surface area contributed by atoms with Crippen molar-refractivity contribution >= 4 is 17.3 Å². The summed E-state index contributed by atoms with van der Waals surface area (Å²) in [7, 11) is 1.67. The van der Waals surface area contributed by atoms with E-state index in [1.54, 1.807) is 7.11 Å². The molecule has 1 aliphatic carbocycles. The fourth-order valence-electron chi connectivity index (χ4n) is 1.91. The first-order valence-electron chi connectivity index (χ1n) is 5.81. The summed E-state index contributed by atoms with van der Waals surface area (Å²) in [6.45, 7) is 3.93. The maximum absolute atomic E-state index is 11.2. The van der Waals surface area contributed by atoms with Gasteiger partial charge in [-0.05, 0) is 24.7 Å². The second-order valence-corrected chi connectivity index (χ2v) is 5.75. The van der Waals surface area contributed by atoms with Crippen LogP contribution in [0.5, 0.6) is 0 Å². The Kier molecular flexibility index (Phi) is 3.49. The summed E-state index contributed by atoms with van der Waals surface area (Å²) < 4.78 is 5.44. The van der Waals surface area contributed by atoms with Crippen molar-refractivity contribution < 1.29 is 14.6 Å². The van der Waals surface area contributed by atoms with Crippen molar-refractivity contribution in [1.82, 2.24) is 4.98 Å². The topological polar surface area (TPSA) is 59.4 Å². The predicted molar refractivity (Wildman–Crippen MR) is 65.6 cm³/mol. The summed E-state index contributed by atoms with van der Waals surface area (Å²) in [5.41, 5.74) is 0.681. The molecule has 1 atom stereocenters. The van der Waals surface area contributed by atoms with Crippen LogP contribution in [-0.4, -0.2) is 23.2 Å². The predicted octanol–water partition coefficient (Wildman–Crippen LogP) is 3.06. The van der Waals surface area contributed by atoms with Gasteiger partial charge >= 0.3 is 5.97 Å². The Morgan fingerprint density at radius 2 is 2.18 bits per heavy atom. The molecule has 1 aromatic heterocycles. The Morgan fingerprint density at radius 1 is 1.53 bits per heavy atom. The Morgan fingerprint density at radius 3 is 2.53 bits per heavy atom. The zero-order chi connectivity index (χ0) is 12.6. The van der Waals surface area contributed by atoms with Gasteiger partial charge < -0.3 is 9.84 Å². The first-order valence-corrected chi connectivity index (χ1v) is 6.63. The molecule has 17 heavy (non-hydrogen) atoms. The SMILES string of the molecule is COC(c1nc(C(C)C)c(C(=O)O)s1)C1CC1. The molecule has 1 heterocycles. The van der Waals surface area contributed by atoms with Crippen LogP contribution in [-0.2, 0) is 4.74 Å². The standard InChI is InChI=1S/C12H17NO3S/c1-6(2)8-10(12(14)15)17-11(13-8)9(16-3)7-4-5-7/h6-7,9H,4-5H2,1-3H3,(H,14,15). The molecule has 1 aliphatic rings. The number of hydrogen-bond donors (Lipinski definition) is 1. The molecular weight excluding hydrogens is 238 g/mol. The number of hydrogen-bond acceptors (Lipinski definition) is 4. The van der Waals surface area contributed by atoms with Crippen molar-refractivity contribution in [2.75, 3.05) is 7.11 Å². The van der Waals surface area contributed by atoms with Gasteiger partial charge in [-0.15, -0.1) is 11.3 Å². The Bertz CT molecular complexity index is 423. The maximum Gasteiger partial charge on any atom is 0.347 e. The summed E-state index contributed by atoms with van der Waals surface area (Å²) in [6, 6.07) is 0. The molecule has 0 radical (unpaired) electrons. The van der Waals surface area contributed by atoms with Crippen LogP contribution < -0.4 is 0 Å². The van der Waals surface area contributed by atoms with Crippen LogP contribution in [0, 0.1) is 5.92 Å². The van der Waals surface area contributed by atoms with E-state index in [1.807, 2.05) is 13.8 Å². The lowest BCUT2D eigenvalue weighted by atomic mass is 10.1. The van der Waals surface area contributed by atoms with E-state index in [-0.39, 0.29) is 12.0 Å². The van der Waals surface area contributed by atoms with Crippen LogP contribution in [0.1, 0.15) is 59.1 Å². The smallest absolute Gasteiger partial charge is 0.347 e. The normalized spacial score (nSPS) is 17.4. The number of aromatic carboxylic acids is 1. The minimum Gasteiger partial charge on any atom is -0.477 e. The van der Waals surface area contributed by atoms with Crippen molar-refractivity contribution in [2.24, 2.45) is 5.92 Å². The van der Waals surface area contributed by atoms with Crippen molar-refractivity contribution in [2.45, 2.75) is 38.7 Å². The quantitative estimate of drug-likeness (QED) is 0.878. The van der Waals surface area contributed by atoms with E-state index in [9.17, 15) is 4.79 Å². The van der Waals surface area contributed by atoms with E-state index < -0.39 is 5.97 Å². The molecule has 1 unspecified atom stereocenters. The number of methoxy groups -OCH3 is 1. The zero-order valence-corrected chi connectivity index (χ0v) is 11.1. The van der Waals surface area contributed by atoms with E-state index in [1.165, 1.54) is 11.3 Å². The van der Waals surface area contributed by atoms with Gasteiger partial charge in [0.05, 0.1) is 5.69 Å². The molecule has 0 aromatic carbocycles. The zero-order valence-electron chi connectivity index (χ0n) is 10.3. The van der Waals surface area contributed by atoms with Crippen LogP contribution in [0.2, 0.25) is 0 Å². The molecule has 0 bridgehead atoms. The number of aromatic nitrogens is 1. The number of rotatable bonds is 5. The van der Waals surface area contributed by atoms with E-state index in [0.29, 0.717) is 16.5 Å².